The fourth-order valence-corrected chi connectivity index (χ4v) is 3.99. The van der Waals surface area contributed by atoms with Gasteiger partial charge in [-0.2, -0.15) is 0 Å². The minimum atomic E-state index is -0.0939. The summed E-state index contributed by atoms with van der Waals surface area (Å²) in [7, 11) is 0. The Morgan fingerprint density at radius 2 is 1.55 bits per heavy atom. The van der Waals surface area contributed by atoms with Crippen molar-refractivity contribution in [3.63, 3.8) is 0 Å². The lowest BCUT2D eigenvalue weighted by atomic mass is 9.94. The van der Waals surface area contributed by atoms with Gasteiger partial charge in [0.25, 0.3) is 5.91 Å². The summed E-state index contributed by atoms with van der Waals surface area (Å²) in [4.78, 5) is 13.1. The molecule has 174 valence electrons. The first kappa shape index (κ1) is 24.4. The van der Waals surface area contributed by atoms with E-state index in [2.05, 4.69) is 51.2 Å². The molecule has 0 aliphatic heterocycles. The van der Waals surface area contributed by atoms with Crippen LogP contribution in [0.4, 0.5) is 0 Å². The van der Waals surface area contributed by atoms with Crippen molar-refractivity contribution in [2.75, 3.05) is 6.61 Å². The van der Waals surface area contributed by atoms with Crippen LogP contribution >= 0.6 is 0 Å². The average Bonchev–Trinajstić information content (AvgIpc) is 2.77. The highest BCUT2D eigenvalue weighted by molar-refractivity contribution is 5.94. The fraction of sp³-hybridized carbons (Fsp3) is 0.345. The lowest BCUT2D eigenvalue weighted by Crippen LogP contribution is -2.29. The molecule has 0 spiro atoms. The molecule has 0 fully saturated rings. The van der Waals surface area contributed by atoms with Crippen LogP contribution in [-0.4, -0.2) is 12.5 Å². The Balaban J connectivity index is 1.71. The third-order valence-electron chi connectivity index (χ3n) is 5.37. The van der Waals surface area contributed by atoms with E-state index in [-0.39, 0.29) is 11.9 Å². The van der Waals surface area contributed by atoms with Crippen LogP contribution < -0.4 is 14.8 Å². The molecule has 0 aromatic heterocycles. The molecule has 1 amide bonds. The number of nitrogens with one attached hydrogen (secondary N) is 1. The van der Waals surface area contributed by atoms with E-state index in [4.69, 9.17) is 9.47 Å². The second-order valence-corrected chi connectivity index (χ2v) is 8.97. The van der Waals surface area contributed by atoms with Gasteiger partial charge in [-0.15, -0.1) is 0 Å². The van der Waals surface area contributed by atoms with Gasteiger partial charge in [0.2, 0.25) is 0 Å². The summed E-state index contributed by atoms with van der Waals surface area (Å²) in [6, 6.07) is 21.7. The topological polar surface area (TPSA) is 47.6 Å². The molecule has 3 aromatic carbocycles. The quantitative estimate of drug-likeness (QED) is 0.373. The maximum absolute atomic E-state index is 13.1. The van der Waals surface area contributed by atoms with Crippen molar-refractivity contribution in [3.05, 3.63) is 94.5 Å². The first-order chi connectivity index (χ1) is 15.8. The zero-order chi connectivity index (χ0) is 23.8. The Morgan fingerprint density at radius 3 is 2.21 bits per heavy atom. The number of hydrogen-bond donors (Lipinski definition) is 1. The molecule has 0 heterocycles. The van der Waals surface area contributed by atoms with Crippen LogP contribution in [0.15, 0.2) is 66.7 Å². The van der Waals surface area contributed by atoms with E-state index in [0.29, 0.717) is 30.4 Å². The number of carbonyl (C=O) groups excluding carboxylic acids is 1. The molecular formula is C29H35NO3. The number of ether oxygens (including phenoxy) is 2. The molecule has 33 heavy (non-hydrogen) atoms. The van der Waals surface area contributed by atoms with Crippen molar-refractivity contribution in [2.24, 2.45) is 5.92 Å². The van der Waals surface area contributed by atoms with E-state index in [9.17, 15) is 4.79 Å². The van der Waals surface area contributed by atoms with Crippen molar-refractivity contribution in [2.45, 2.75) is 53.7 Å². The molecule has 0 saturated heterocycles. The molecule has 0 aliphatic rings. The summed E-state index contributed by atoms with van der Waals surface area (Å²) in [6.07, 6.45) is 0.876. The van der Waals surface area contributed by atoms with Crippen molar-refractivity contribution in [1.29, 1.82) is 0 Å². The van der Waals surface area contributed by atoms with Gasteiger partial charge in [-0.05, 0) is 74.6 Å². The first-order valence-corrected chi connectivity index (χ1v) is 11.7. The predicted molar refractivity (Wildman–Crippen MR) is 134 cm³/mol. The van der Waals surface area contributed by atoms with E-state index in [0.717, 1.165) is 23.3 Å². The molecule has 1 unspecified atom stereocenters. The molecule has 0 saturated carbocycles. The van der Waals surface area contributed by atoms with E-state index in [1.165, 1.54) is 11.1 Å². The van der Waals surface area contributed by atoms with Crippen LogP contribution in [0.5, 0.6) is 11.5 Å². The van der Waals surface area contributed by atoms with Crippen LogP contribution in [0.25, 0.3) is 0 Å². The Morgan fingerprint density at radius 1 is 0.879 bits per heavy atom. The molecule has 1 atom stereocenters. The van der Waals surface area contributed by atoms with Crippen molar-refractivity contribution in [3.8, 4) is 11.5 Å². The van der Waals surface area contributed by atoms with E-state index in [1.807, 2.05) is 49.4 Å². The van der Waals surface area contributed by atoms with Crippen LogP contribution in [0.2, 0.25) is 0 Å². The summed E-state index contributed by atoms with van der Waals surface area (Å²) in [5.41, 5.74) is 5.17. The zero-order valence-electron chi connectivity index (χ0n) is 20.4. The summed E-state index contributed by atoms with van der Waals surface area (Å²) < 4.78 is 11.5. The van der Waals surface area contributed by atoms with E-state index in [1.54, 1.807) is 6.07 Å². The first-order valence-electron chi connectivity index (χ1n) is 11.7. The minimum Gasteiger partial charge on any atom is -0.494 e. The molecule has 0 radical (unpaired) electrons. The standard InChI is InChI=1S/C29H35NO3/c1-6-32-26-11-7-9-23(17-26)19-33-27-12-8-10-24(18-27)29(31)30-28(13-20(2)3)25-15-21(4)14-22(5)16-25/h7-12,14-18,20,28H,6,13,19H2,1-5H3,(H,30,31). The van der Waals surface area contributed by atoms with Gasteiger partial charge < -0.3 is 14.8 Å². The Labute approximate surface area is 197 Å². The maximum atomic E-state index is 13.1. The Bertz CT molecular complexity index is 1050. The van der Waals surface area contributed by atoms with Gasteiger partial charge in [0, 0.05) is 5.56 Å². The highest BCUT2D eigenvalue weighted by Crippen LogP contribution is 2.25. The number of carbonyl (C=O) groups is 1. The van der Waals surface area contributed by atoms with Crippen molar-refractivity contribution < 1.29 is 14.3 Å². The molecular weight excluding hydrogens is 410 g/mol. The van der Waals surface area contributed by atoms with Gasteiger partial charge in [0.15, 0.2) is 0 Å². The number of hydrogen-bond acceptors (Lipinski definition) is 3. The zero-order valence-corrected chi connectivity index (χ0v) is 20.4. The van der Waals surface area contributed by atoms with Gasteiger partial charge in [0.05, 0.1) is 12.6 Å². The van der Waals surface area contributed by atoms with Gasteiger partial charge >= 0.3 is 0 Å². The lowest BCUT2D eigenvalue weighted by molar-refractivity contribution is 0.0931. The Kier molecular flexibility index (Phi) is 8.53. The number of rotatable bonds is 10. The second-order valence-electron chi connectivity index (χ2n) is 8.97. The minimum absolute atomic E-state index is 0.0398. The van der Waals surface area contributed by atoms with Crippen LogP contribution in [0.3, 0.4) is 0 Å². The molecule has 3 aromatic rings. The van der Waals surface area contributed by atoms with Crippen molar-refractivity contribution >= 4 is 5.91 Å². The second kappa shape index (κ2) is 11.6. The molecule has 4 heteroatoms. The average molecular weight is 446 g/mol. The summed E-state index contributed by atoms with van der Waals surface area (Å²) >= 11 is 0. The fourth-order valence-electron chi connectivity index (χ4n) is 3.99. The van der Waals surface area contributed by atoms with Gasteiger partial charge in [0.1, 0.15) is 18.1 Å². The largest absolute Gasteiger partial charge is 0.494 e. The third kappa shape index (κ3) is 7.38. The lowest BCUT2D eigenvalue weighted by Gasteiger charge is -2.22. The summed E-state index contributed by atoms with van der Waals surface area (Å²) in [5.74, 6) is 1.85. The highest BCUT2D eigenvalue weighted by Gasteiger charge is 2.18. The van der Waals surface area contributed by atoms with Gasteiger partial charge in [-0.3, -0.25) is 4.79 Å². The molecule has 1 N–H and O–H groups in total. The van der Waals surface area contributed by atoms with Gasteiger partial charge in [-0.25, -0.2) is 0 Å². The van der Waals surface area contributed by atoms with Crippen molar-refractivity contribution in [1.82, 2.24) is 5.32 Å². The third-order valence-corrected chi connectivity index (χ3v) is 5.37. The normalized spacial score (nSPS) is 11.8. The molecule has 4 nitrogen and oxygen atoms in total. The smallest absolute Gasteiger partial charge is 0.251 e. The van der Waals surface area contributed by atoms with Crippen LogP contribution in [0.1, 0.15) is 65.8 Å². The van der Waals surface area contributed by atoms with E-state index >= 15 is 0 Å². The maximum Gasteiger partial charge on any atom is 0.251 e. The SMILES string of the molecule is CCOc1cccc(COc2cccc(C(=O)NC(CC(C)C)c3cc(C)cc(C)c3)c2)c1. The monoisotopic (exact) mass is 445 g/mol. The van der Waals surface area contributed by atoms with E-state index < -0.39 is 0 Å². The molecule has 0 aliphatic carbocycles. The number of benzene rings is 3. The van der Waals surface area contributed by atoms with Crippen LogP contribution in [-0.2, 0) is 6.61 Å². The molecule has 0 bridgehead atoms. The molecule has 3 rings (SSSR count). The number of aryl methyl sites for hydroxylation is 2. The van der Waals surface area contributed by atoms with Gasteiger partial charge in [-0.1, -0.05) is 61.4 Å². The van der Waals surface area contributed by atoms with Crippen LogP contribution in [0, 0.1) is 19.8 Å². The highest BCUT2D eigenvalue weighted by atomic mass is 16.5. The summed E-state index contributed by atoms with van der Waals surface area (Å²) in [5, 5.41) is 3.25. The predicted octanol–water partition coefficient (Wildman–Crippen LogP) is 6.80. The summed E-state index contributed by atoms with van der Waals surface area (Å²) in [6.45, 7) is 11.5. The number of amides is 1. The Hall–Kier alpha value is -3.27.